The Labute approximate surface area is 78.2 Å². The van der Waals surface area contributed by atoms with Gasteiger partial charge in [0.25, 0.3) is 0 Å². The molecule has 1 aromatic carbocycles. The Morgan fingerprint density at radius 3 is 2.64 bits per heavy atom. The predicted molar refractivity (Wildman–Crippen MR) is 45.1 cm³/mol. The zero-order valence-corrected chi connectivity index (χ0v) is 6.98. The summed E-state index contributed by atoms with van der Waals surface area (Å²) in [5, 5.41) is 12.6. The molecular weight excluding hydrogens is 190 g/mol. The van der Waals surface area contributed by atoms with Gasteiger partial charge >= 0.3 is 0 Å². The molecule has 0 bridgehead atoms. The van der Waals surface area contributed by atoms with E-state index < -0.39 is 17.4 Å². The molecule has 0 amide bonds. The minimum Gasteiger partial charge on any atom is -0.505 e. The molecule has 1 aromatic heterocycles. The maximum Gasteiger partial charge on any atom is 0.202 e. The Balaban J connectivity index is 2.61. The van der Waals surface area contributed by atoms with Crippen LogP contribution in [-0.4, -0.2) is 14.9 Å². The highest BCUT2D eigenvalue weighted by atomic mass is 19.2. The second-order valence-electron chi connectivity index (χ2n) is 2.68. The van der Waals surface area contributed by atoms with Crippen molar-refractivity contribution in [2.24, 2.45) is 0 Å². The fourth-order valence-electron chi connectivity index (χ4n) is 1.12. The molecule has 0 aliphatic carbocycles. The van der Waals surface area contributed by atoms with Gasteiger partial charge in [-0.15, -0.1) is 0 Å². The van der Waals surface area contributed by atoms with E-state index in [2.05, 4.69) is 5.10 Å². The van der Waals surface area contributed by atoms with E-state index >= 15 is 0 Å². The second kappa shape index (κ2) is 3.10. The molecule has 0 atom stereocenters. The van der Waals surface area contributed by atoms with Crippen molar-refractivity contribution < 1.29 is 13.9 Å². The van der Waals surface area contributed by atoms with Gasteiger partial charge in [-0.3, -0.25) is 0 Å². The normalized spacial score (nSPS) is 10.4. The summed E-state index contributed by atoms with van der Waals surface area (Å²) in [6.07, 6.45) is 2.93. The number of hydrogen-bond acceptors (Lipinski definition) is 2. The van der Waals surface area contributed by atoms with Gasteiger partial charge in [0.05, 0.1) is 0 Å². The van der Waals surface area contributed by atoms with Crippen LogP contribution in [0.2, 0.25) is 0 Å². The van der Waals surface area contributed by atoms with Gasteiger partial charge in [-0.25, -0.2) is 9.07 Å². The molecule has 0 fully saturated rings. The maximum absolute atomic E-state index is 13.2. The van der Waals surface area contributed by atoms with Gasteiger partial charge in [0, 0.05) is 12.4 Å². The van der Waals surface area contributed by atoms with E-state index in [0.717, 1.165) is 6.07 Å². The third kappa shape index (κ3) is 1.22. The molecule has 0 spiro atoms. The number of rotatable bonds is 1. The maximum atomic E-state index is 13.2. The Hall–Kier alpha value is -1.91. The summed E-state index contributed by atoms with van der Waals surface area (Å²) in [6.45, 7) is 0. The monoisotopic (exact) mass is 196 g/mol. The van der Waals surface area contributed by atoms with Crippen LogP contribution in [0, 0.1) is 11.6 Å². The lowest BCUT2D eigenvalue weighted by molar-refractivity contribution is 0.405. The molecule has 5 heteroatoms. The molecule has 14 heavy (non-hydrogen) atoms. The molecule has 0 aliphatic rings. The summed E-state index contributed by atoms with van der Waals surface area (Å²) in [5.41, 5.74) is -0.0368. The largest absolute Gasteiger partial charge is 0.505 e. The third-order valence-electron chi connectivity index (χ3n) is 1.79. The average molecular weight is 196 g/mol. The molecular formula is C9H6F2N2O. The minimum absolute atomic E-state index is 0.0368. The summed E-state index contributed by atoms with van der Waals surface area (Å²) in [5.74, 6) is -3.09. The Morgan fingerprint density at radius 1 is 1.21 bits per heavy atom. The van der Waals surface area contributed by atoms with Crippen molar-refractivity contribution >= 4 is 0 Å². The molecule has 2 aromatic rings. The van der Waals surface area contributed by atoms with Crippen molar-refractivity contribution in [1.82, 2.24) is 9.78 Å². The van der Waals surface area contributed by atoms with E-state index in [0.29, 0.717) is 0 Å². The van der Waals surface area contributed by atoms with Crippen LogP contribution in [0.4, 0.5) is 8.78 Å². The minimum atomic E-state index is -1.27. The van der Waals surface area contributed by atoms with Gasteiger partial charge in [-0.05, 0) is 18.2 Å². The number of hydrogen-bond donors (Lipinski definition) is 1. The van der Waals surface area contributed by atoms with E-state index in [1.54, 1.807) is 6.07 Å². The number of benzene rings is 1. The lowest BCUT2D eigenvalue weighted by Crippen LogP contribution is -2.00. The number of phenolic OH excluding ortho intramolecular Hbond substituents is 1. The van der Waals surface area contributed by atoms with E-state index in [-0.39, 0.29) is 5.69 Å². The summed E-state index contributed by atoms with van der Waals surface area (Å²) >= 11 is 0. The number of phenols is 1. The van der Waals surface area contributed by atoms with Crippen molar-refractivity contribution in [2.75, 3.05) is 0 Å². The first kappa shape index (κ1) is 8.68. The quantitative estimate of drug-likeness (QED) is 0.755. The summed E-state index contributed by atoms with van der Waals surface area (Å²) in [7, 11) is 0. The Kier molecular flexibility index (Phi) is 1.92. The van der Waals surface area contributed by atoms with Crippen LogP contribution in [-0.2, 0) is 0 Å². The lowest BCUT2D eigenvalue weighted by Gasteiger charge is -2.04. The molecule has 1 heterocycles. The van der Waals surface area contributed by atoms with E-state index in [1.165, 1.54) is 23.1 Å². The van der Waals surface area contributed by atoms with Crippen molar-refractivity contribution in [2.45, 2.75) is 0 Å². The predicted octanol–water partition coefficient (Wildman–Crippen LogP) is 1.86. The van der Waals surface area contributed by atoms with Crippen molar-refractivity contribution in [3.8, 4) is 11.4 Å². The van der Waals surface area contributed by atoms with Crippen LogP contribution in [0.3, 0.4) is 0 Å². The molecule has 0 saturated heterocycles. The highest BCUT2D eigenvalue weighted by Gasteiger charge is 2.13. The standard InChI is InChI=1S/C9H6F2N2O/c10-8-6(13-5-1-4-12-13)2-3-7(14)9(8)11/h1-5,14H. The summed E-state index contributed by atoms with van der Waals surface area (Å²) in [6, 6.07) is 3.92. The molecule has 0 unspecified atom stereocenters. The van der Waals surface area contributed by atoms with E-state index in [1.807, 2.05) is 0 Å². The van der Waals surface area contributed by atoms with Crippen LogP contribution >= 0.6 is 0 Å². The topological polar surface area (TPSA) is 38.0 Å². The summed E-state index contributed by atoms with van der Waals surface area (Å²) in [4.78, 5) is 0. The zero-order valence-electron chi connectivity index (χ0n) is 6.98. The Bertz CT molecular complexity index is 454. The molecule has 72 valence electrons. The molecule has 3 nitrogen and oxygen atoms in total. The first-order valence-corrected chi connectivity index (χ1v) is 3.87. The zero-order chi connectivity index (χ0) is 10.1. The van der Waals surface area contributed by atoms with Gasteiger partial charge in [-0.2, -0.15) is 9.49 Å². The average Bonchev–Trinajstić information content (AvgIpc) is 2.67. The van der Waals surface area contributed by atoms with Crippen molar-refractivity contribution in [3.05, 3.63) is 42.2 Å². The van der Waals surface area contributed by atoms with Gasteiger partial charge in [-0.1, -0.05) is 0 Å². The van der Waals surface area contributed by atoms with Gasteiger partial charge in [0.1, 0.15) is 5.69 Å². The van der Waals surface area contributed by atoms with Crippen LogP contribution in [0.25, 0.3) is 5.69 Å². The first-order valence-electron chi connectivity index (χ1n) is 3.87. The smallest absolute Gasteiger partial charge is 0.202 e. The second-order valence-corrected chi connectivity index (χ2v) is 2.68. The number of halogens is 2. The van der Waals surface area contributed by atoms with Gasteiger partial charge < -0.3 is 5.11 Å². The fraction of sp³-hybridized carbons (Fsp3) is 0. The lowest BCUT2D eigenvalue weighted by atomic mass is 10.3. The highest BCUT2D eigenvalue weighted by molar-refractivity contribution is 5.39. The van der Waals surface area contributed by atoms with Crippen LogP contribution in [0.15, 0.2) is 30.6 Å². The first-order chi connectivity index (χ1) is 6.70. The Morgan fingerprint density at radius 2 is 2.00 bits per heavy atom. The van der Waals surface area contributed by atoms with Crippen LogP contribution < -0.4 is 0 Å². The van der Waals surface area contributed by atoms with Crippen LogP contribution in [0.5, 0.6) is 5.75 Å². The molecule has 0 aliphatic heterocycles. The SMILES string of the molecule is Oc1ccc(-n2cccn2)c(F)c1F. The summed E-state index contributed by atoms with van der Waals surface area (Å²) < 4.78 is 27.3. The van der Waals surface area contributed by atoms with Crippen molar-refractivity contribution in [1.29, 1.82) is 0 Å². The highest BCUT2D eigenvalue weighted by Crippen LogP contribution is 2.23. The molecule has 1 N–H and O–H groups in total. The van der Waals surface area contributed by atoms with Gasteiger partial charge in [0.15, 0.2) is 11.6 Å². The molecule has 0 saturated carbocycles. The third-order valence-corrected chi connectivity index (χ3v) is 1.79. The number of aromatic hydroxyl groups is 1. The fourth-order valence-corrected chi connectivity index (χ4v) is 1.12. The number of aromatic nitrogens is 2. The van der Waals surface area contributed by atoms with Gasteiger partial charge in [0.2, 0.25) is 5.82 Å². The molecule has 2 rings (SSSR count). The van der Waals surface area contributed by atoms with E-state index in [9.17, 15) is 8.78 Å². The van der Waals surface area contributed by atoms with E-state index in [4.69, 9.17) is 5.11 Å². The van der Waals surface area contributed by atoms with Crippen LogP contribution in [0.1, 0.15) is 0 Å². The molecule has 0 radical (unpaired) electrons. The number of nitrogens with zero attached hydrogens (tertiary/aromatic N) is 2. The van der Waals surface area contributed by atoms with Crippen molar-refractivity contribution in [3.63, 3.8) is 0 Å².